The Balaban J connectivity index is 1.77. The van der Waals surface area contributed by atoms with Gasteiger partial charge in [0.2, 0.25) is 11.8 Å². The lowest BCUT2D eigenvalue weighted by molar-refractivity contribution is -0.133. The standard InChI is InChI=1S/C17H17Cl2N3O3S/c1-22(9-14(23)21-16-12(18)3-2-4-13(16)19)15(24)5-7-20-17(25)11-6-8-26-10-11/h2-4,6,8,10H,5,7,9H2,1H3,(H,20,25)(H,21,23). The predicted molar refractivity (Wildman–Crippen MR) is 104 cm³/mol. The molecule has 0 unspecified atom stereocenters. The number of benzene rings is 1. The number of amides is 3. The molecular weight excluding hydrogens is 397 g/mol. The number of likely N-dealkylation sites (N-methyl/N-ethyl adjacent to an activating group) is 1. The third-order valence-corrected chi connectivity index (χ3v) is 4.75. The van der Waals surface area contributed by atoms with Crippen LogP contribution in [0.2, 0.25) is 10.0 Å². The van der Waals surface area contributed by atoms with E-state index in [1.165, 1.54) is 23.3 Å². The number of nitrogens with one attached hydrogen (secondary N) is 2. The summed E-state index contributed by atoms with van der Waals surface area (Å²) in [6, 6.07) is 6.58. The smallest absolute Gasteiger partial charge is 0.252 e. The maximum Gasteiger partial charge on any atom is 0.252 e. The van der Waals surface area contributed by atoms with Gasteiger partial charge in [-0.05, 0) is 23.6 Å². The molecule has 0 saturated heterocycles. The van der Waals surface area contributed by atoms with Crippen molar-refractivity contribution in [3.05, 3.63) is 50.6 Å². The summed E-state index contributed by atoms with van der Waals surface area (Å²) in [5, 5.41) is 9.42. The number of rotatable bonds is 7. The predicted octanol–water partition coefficient (Wildman–Crippen LogP) is 3.27. The number of halogens is 2. The number of anilines is 1. The minimum atomic E-state index is -0.418. The van der Waals surface area contributed by atoms with E-state index < -0.39 is 5.91 Å². The maximum atomic E-state index is 12.1. The van der Waals surface area contributed by atoms with E-state index >= 15 is 0 Å². The fourth-order valence-electron chi connectivity index (χ4n) is 2.07. The first-order valence-corrected chi connectivity index (χ1v) is 9.36. The highest BCUT2D eigenvalue weighted by Gasteiger charge is 2.15. The van der Waals surface area contributed by atoms with Gasteiger partial charge in [0.05, 0.1) is 22.3 Å². The lowest BCUT2D eigenvalue weighted by Crippen LogP contribution is -2.37. The summed E-state index contributed by atoms with van der Waals surface area (Å²) in [6.45, 7) is 0.0364. The van der Waals surface area contributed by atoms with Crippen molar-refractivity contribution in [1.82, 2.24) is 10.2 Å². The average molecular weight is 414 g/mol. The Labute approximate surface area is 165 Å². The SMILES string of the molecule is CN(CC(=O)Nc1c(Cl)cccc1Cl)C(=O)CCNC(=O)c1ccsc1. The zero-order chi connectivity index (χ0) is 19.1. The molecular formula is C17H17Cl2N3O3S. The molecule has 0 aliphatic rings. The molecule has 0 saturated carbocycles. The molecule has 6 nitrogen and oxygen atoms in total. The highest BCUT2D eigenvalue weighted by atomic mass is 35.5. The average Bonchev–Trinajstić information content (AvgIpc) is 3.12. The van der Waals surface area contributed by atoms with Crippen molar-refractivity contribution in [2.45, 2.75) is 6.42 Å². The first-order chi connectivity index (χ1) is 12.4. The highest BCUT2D eigenvalue weighted by Crippen LogP contribution is 2.29. The van der Waals surface area contributed by atoms with E-state index in [4.69, 9.17) is 23.2 Å². The van der Waals surface area contributed by atoms with Gasteiger partial charge in [0.25, 0.3) is 5.91 Å². The zero-order valence-electron chi connectivity index (χ0n) is 13.9. The van der Waals surface area contributed by atoms with E-state index in [1.54, 1.807) is 35.0 Å². The van der Waals surface area contributed by atoms with Gasteiger partial charge in [0, 0.05) is 31.0 Å². The fourth-order valence-corrected chi connectivity index (χ4v) is 3.20. The van der Waals surface area contributed by atoms with E-state index in [0.717, 1.165) is 0 Å². The van der Waals surface area contributed by atoms with Crippen LogP contribution in [0.5, 0.6) is 0 Å². The van der Waals surface area contributed by atoms with Gasteiger partial charge in [-0.2, -0.15) is 11.3 Å². The molecule has 26 heavy (non-hydrogen) atoms. The van der Waals surface area contributed by atoms with Crippen LogP contribution in [0.3, 0.4) is 0 Å². The molecule has 0 spiro atoms. The molecule has 2 rings (SSSR count). The minimum absolute atomic E-state index is 0.0898. The van der Waals surface area contributed by atoms with Crippen LogP contribution in [0.4, 0.5) is 5.69 Å². The number of nitrogens with zero attached hydrogens (tertiary/aromatic N) is 1. The van der Waals surface area contributed by atoms with Crippen LogP contribution in [-0.4, -0.2) is 42.8 Å². The summed E-state index contributed by atoms with van der Waals surface area (Å²) in [5.41, 5.74) is 0.872. The van der Waals surface area contributed by atoms with Gasteiger partial charge in [0.1, 0.15) is 0 Å². The first kappa shape index (κ1) is 20.2. The minimum Gasteiger partial charge on any atom is -0.351 e. The Morgan fingerprint density at radius 3 is 2.46 bits per heavy atom. The van der Waals surface area contributed by atoms with Crippen LogP contribution < -0.4 is 10.6 Å². The normalized spacial score (nSPS) is 10.3. The summed E-state index contributed by atoms with van der Waals surface area (Å²) in [4.78, 5) is 37.2. The second kappa shape index (κ2) is 9.56. The molecule has 1 heterocycles. The number of carbonyl (C=O) groups excluding carboxylic acids is 3. The Morgan fingerprint density at radius 1 is 1.15 bits per heavy atom. The molecule has 3 amide bonds. The van der Waals surface area contributed by atoms with E-state index in [1.807, 2.05) is 0 Å². The number of thiophene rings is 1. The van der Waals surface area contributed by atoms with E-state index in [-0.39, 0.29) is 31.3 Å². The second-order valence-corrected chi connectivity index (χ2v) is 7.01. The molecule has 0 fully saturated rings. The van der Waals surface area contributed by atoms with E-state index in [2.05, 4.69) is 10.6 Å². The summed E-state index contributed by atoms with van der Waals surface area (Å²) >= 11 is 13.4. The zero-order valence-corrected chi connectivity index (χ0v) is 16.2. The van der Waals surface area contributed by atoms with E-state index in [9.17, 15) is 14.4 Å². The Hall–Kier alpha value is -2.09. The van der Waals surface area contributed by atoms with Crippen molar-refractivity contribution in [1.29, 1.82) is 0 Å². The fraction of sp³-hybridized carbons (Fsp3) is 0.235. The summed E-state index contributed by atoms with van der Waals surface area (Å²) in [5.74, 6) is -0.915. The van der Waals surface area contributed by atoms with Crippen molar-refractivity contribution < 1.29 is 14.4 Å². The van der Waals surface area contributed by atoms with Gasteiger partial charge in [0.15, 0.2) is 0 Å². The highest BCUT2D eigenvalue weighted by molar-refractivity contribution is 7.08. The monoisotopic (exact) mass is 413 g/mol. The Morgan fingerprint density at radius 2 is 1.85 bits per heavy atom. The summed E-state index contributed by atoms with van der Waals surface area (Å²) in [7, 11) is 1.51. The Bertz CT molecular complexity index is 776. The molecule has 2 N–H and O–H groups in total. The van der Waals surface area contributed by atoms with Crippen LogP contribution >= 0.6 is 34.5 Å². The molecule has 2 aromatic rings. The molecule has 1 aromatic heterocycles. The molecule has 0 radical (unpaired) electrons. The van der Waals surface area contributed by atoms with Crippen LogP contribution in [0.1, 0.15) is 16.8 Å². The largest absolute Gasteiger partial charge is 0.351 e. The molecule has 0 atom stereocenters. The van der Waals surface area contributed by atoms with Crippen molar-refractivity contribution in [3.63, 3.8) is 0 Å². The van der Waals surface area contributed by atoms with Gasteiger partial charge in [-0.15, -0.1) is 0 Å². The third-order valence-electron chi connectivity index (χ3n) is 3.44. The van der Waals surface area contributed by atoms with Crippen molar-refractivity contribution in [2.24, 2.45) is 0 Å². The third kappa shape index (κ3) is 5.72. The van der Waals surface area contributed by atoms with Crippen molar-refractivity contribution >= 4 is 57.9 Å². The van der Waals surface area contributed by atoms with Crippen LogP contribution in [0.15, 0.2) is 35.0 Å². The van der Waals surface area contributed by atoms with Crippen molar-refractivity contribution in [2.75, 3.05) is 25.5 Å². The molecule has 0 aliphatic carbocycles. The number of hydrogen-bond acceptors (Lipinski definition) is 4. The maximum absolute atomic E-state index is 12.1. The number of carbonyl (C=O) groups is 3. The topological polar surface area (TPSA) is 78.5 Å². The molecule has 138 valence electrons. The van der Waals surface area contributed by atoms with Gasteiger partial charge in [-0.3, -0.25) is 14.4 Å². The van der Waals surface area contributed by atoms with Crippen molar-refractivity contribution in [3.8, 4) is 0 Å². The summed E-state index contributed by atoms with van der Waals surface area (Å²) in [6.07, 6.45) is 0.0898. The summed E-state index contributed by atoms with van der Waals surface area (Å²) < 4.78 is 0. The molecule has 9 heteroatoms. The van der Waals surface area contributed by atoms with Gasteiger partial charge >= 0.3 is 0 Å². The first-order valence-electron chi connectivity index (χ1n) is 7.66. The molecule has 0 bridgehead atoms. The van der Waals surface area contributed by atoms with Gasteiger partial charge < -0.3 is 15.5 Å². The van der Waals surface area contributed by atoms with Crippen LogP contribution in [0, 0.1) is 0 Å². The molecule has 0 aliphatic heterocycles. The van der Waals surface area contributed by atoms with Crippen LogP contribution in [0.25, 0.3) is 0 Å². The lowest BCUT2D eigenvalue weighted by Gasteiger charge is -2.17. The number of para-hydroxylation sites is 1. The molecule has 1 aromatic carbocycles. The Kier molecular flexibility index (Phi) is 7.44. The van der Waals surface area contributed by atoms with Crippen LogP contribution in [-0.2, 0) is 9.59 Å². The van der Waals surface area contributed by atoms with Gasteiger partial charge in [-0.1, -0.05) is 29.3 Å². The quantitative estimate of drug-likeness (QED) is 0.730. The lowest BCUT2D eigenvalue weighted by atomic mass is 10.3. The van der Waals surface area contributed by atoms with E-state index in [0.29, 0.717) is 21.3 Å². The second-order valence-electron chi connectivity index (χ2n) is 5.41. The van der Waals surface area contributed by atoms with Gasteiger partial charge in [-0.25, -0.2) is 0 Å². The number of hydrogen-bond donors (Lipinski definition) is 2.